The molecule has 7 heteroatoms. The molecule has 0 fully saturated rings. The summed E-state index contributed by atoms with van der Waals surface area (Å²) in [6, 6.07) is 9.49. The molecule has 0 saturated carbocycles. The number of nitrogens with zero attached hydrogens (tertiary/aromatic N) is 4. The molecule has 26 heavy (non-hydrogen) atoms. The molecule has 132 valence electrons. The number of anilines is 1. The van der Waals surface area contributed by atoms with Crippen molar-refractivity contribution in [2.75, 3.05) is 26.1 Å². The molecule has 0 spiro atoms. The minimum absolute atomic E-state index is 0.145. The van der Waals surface area contributed by atoms with Crippen molar-refractivity contribution in [2.45, 2.75) is 6.92 Å². The summed E-state index contributed by atoms with van der Waals surface area (Å²) in [5, 5.41) is 0.553. The number of fused-ring (bicyclic) bond motifs is 2. The highest BCUT2D eigenvalue weighted by molar-refractivity contribution is 5.84. The maximum absolute atomic E-state index is 12.3. The van der Waals surface area contributed by atoms with E-state index < -0.39 is 0 Å². The van der Waals surface area contributed by atoms with Gasteiger partial charge in [-0.05, 0) is 24.6 Å². The summed E-state index contributed by atoms with van der Waals surface area (Å²) in [5.41, 5.74) is 3.09. The molecular formula is C19H19N5O2. The Morgan fingerprint density at radius 2 is 1.96 bits per heavy atom. The number of ether oxygens (including phenoxy) is 1. The van der Waals surface area contributed by atoms with E-state index in [9.17, 15) is 4.79 Å². The highest BCUT2D eigenvalue weighted by Crippen LogP contribution is 2.29. The average molecular weight is 349 g/mol. The highest BCUT2D eigenvalue weighted by atomic mass is 16.5. The largest absolute Gasteiger partial charge is 0.497 e. The molecule has 4 rings (SSSR count). The predicted molar refractivity (Wildman–Crippen MR) is 102 cm³/mol. The number of aryl methyl sites for hydroxylation is 1. The molecule has 4 aromatic rings. The number of aromatic amines is 1. The number of nitrogens with one attached hydrogen (secondary N) is 1. The first kappa shape index (κ1) is 16.1. The van der Waals surface area contributed by atoms with Gasteiger partial charge in [0.15, 0.2) is 0 Å². The van der Waals surface area contributed by atoms with Gasteiger partial charge >= 0.3 is 0 Å². The number of pyridine rings is 1. The Labute approximate surface area is 149 Å². The van der Waals surface area contributed by atoms with E-state index >= 15 is 0 Å². The lowest BCUT2D eigenvalue weighted by molar-refractivity contribution is 0.415. The third kappa shape index (κ3) is 2.57. The molecule has 0 saturated heterocycles. The van der Waals surface area contributed by atoms with E-state index in [2.05, 4.69) is 15.0 Å². The normalized spacial score (nSPS) is 11.2. The van der Waals surface area contributed by atoms with Crippen LogP contribution in [0.3, 0.4) is 0 Å². The zero-order valence-electron chi connectivity index (χ0n) is 15.1. The molecule has 0 aliphatic heterocycles. The molecule has 3 heterocycles. The van der Waals surface area contributed by atoms with Crippen LogP contribution in [0.1, 0.15) is 5.82 Å². The van der Waals surface area contributed by atoms with Gasteiger partial charge in [-0.25, -0.2) is 9.97 Å². The van der Waals surface area contributed by atoms with Gasteiger partial charge in [-0.15, -0.1) is 0 Å². The van der Waals surface area contributed by atoms with Crippen LogP contribution in [0, 0.1) is 6.92 Å². The van der Waals surface area contributed by atoms with Crippen molar-refractivity contribution in [3.63, 3.8) is 0 Å². The van der Waals surface area contributed by atoms with Crippen LogP contribution in [0.25, 0.3) is 27.8 Å². The summed E-state index contributed by atoms with van der Waals surface area (Å²) in [6.07, 6.45) is 1.96. The molecule has 0 amide bonds. The first-order valence-electron chi connectivity index (χ1n) is 8.22. The van der Waals surface area contributed by atoms with Crippen LogP contribution >= 0.6 is 0 Å². The van der Waals surface area contributed by atoms with Crippen LogP contribution in [0.15, 0.2) is 41.3 Å². The third-order valence-corrected chi connectivity index (χ3v) is 4.34. The van der Waals surface area contributed by atoms with Crippen molar-refractivity contribution in [3.05, 3.63) is 52.7 Å². The molecule has 3 aromatic heterocycles. The fraction of sp³-hybridized carbons (Fsp3) is 0.211. The van der Waals surface area contributed by atoms with Gasteiger partial charge in [0.25, 0.3) is 5.56 Å². The summed E-state index contributed by atoms with van der Waals surface area (Å²) in [7, 11) is 5.52. The second kappa shape index (κ2) is 5.87. The Morgan fingerprint density at radius 1 is 1.15 bits per heavy atom. The fourth-order valence-electron chi connectivity index (χ4n) is 3.02. The lowest BCUT2D eigenvalue weighted by atomic mass is 10.1. The van der Waals surface area contributed by atoms with E-state index in [4.69, 9.17) is 4.74 Å². The molecular weight excluding hydrogens is 330 g/mol. The van der Waals surface area contributed by atoms with E-state index in [1.54, 1.807) is 14.0 Å². The molecule has 0 unspecified atom stereocenters. The predicted octanol–water partition coefficient (Wildman–Crippen LogP) is 2.62. The van der Waals surface area contributed by atoms with E-state index in [0.717, 1.165) is 22.7 Å². The standard InChI is InChI=1S/C19H19N5O2/c1-11-20-15-6-5-12(7-14(15)19(25)21-11)16-8-13(26-4)9-17-22-18(23(2)3)10-24(16)17/h5-10H,1-4H3,(H,20,21,25). The van der Waals surface area contributed by atoms with E-state index in [1.165, 1.54) is 0 Å². The van der Waals surface area contributed by atoms with Crippen LogP contribution in [0.2, 0.25) is 0 Å². The smallest absolute Gasteiger partial charge is 0.258 e. The first-order chi connectivity index (χ1) is 12.5. The maximum Gasteiger partial charge on any atom is 0.258 e. The fourth-order valence-corrected chi connectivity index (χ4v) is 3.02. The van der Waals surface area contributed by atoms with E-state index in [-0.39, 0.29) is 5.56 Å². The maximum atomic E-state index is 12.3. The summed E-state index contributed by atoms with van der Waals surface area (Å²) < 4.78 is 7.43. The highest BCUT2D eigenvalue weighted by Gasteiger charge is 2.13. The second-order valence-corrected chi connectivity index (χ2v) is 6.39. The van der Waals surface area contributed by atoms with Crippen molar-refractivity contribution < 1.29 is 4.74 Å². The molecule has 1 aromatic carbocycles. The summed E-state index contributed by atoms with van der Waals surface area (Å²) in [6.45, 7) is 1.77. The molecule has 0 aliphatic rings. The van der Waals surface area contributed by atoms with Gasteiger partial charge in [0.2, 0.25) is 0 Å². The van der Waals surface area contributed by atoms with E-state index in [0.29, 0.717) is 22.5 Å². The lowest BCUT2D eigenvalue weighted by Gasteiger charge is -2.09. The van der Waals surface area contributed by atoms with Crippen LogP contribution < -0.4 is 15.2 Å². The van der Waals surface area contributed by atoms with Gasteiger partial charge in [0.1, 0.15) is 23.0 Å². The summed E-state index contributed by atoms with van der Waals surface area (Å²) in [5.74, 6) is 2.15. The Morgan fingerprint density at radius 3 is 2.69 bits per heavy atom. The summed E-state index contributed by atoms with van der Waals surface area (Å²) >= 11 is 0. The van der Waals surface area contributed by atoms with Crippen LogP contribution in [-0.4, -0.2) is 40.6 Å². The Bertz CT molecular complexity index is 1190. The van der Waals surface area contributed by atoms with Gasteiger partial charge in [-0.3, -0.25) is 9.20 Å². The van der Waals surface area contributed by atoms with Gasteiger partial charge in [0, 0.05) is 26.2 Å². The minimum Gasteiger partial charge on any atom is -0.497 e. The molecule has 0 aliphatic carbocycles. The van der Waals surface area contributed by atoms with Gasteiger partial charge in [-0.2, -0.15) is 0 Å². The van der Waals surface area contributed by atoms with Crippen molar-refractivity contribution >= 4 is 22.4 Å². The Balaban J connectivity index is 2.01. The SMILES string of the molecule is COc1cc(-c2ccc3nc(C)[nH]c(=O)c3c2)n2cc(N(C)C)nc2c1. The lowest BCUT2D eigenvalue weighted by Crippen LogP contribution is -2.09. The van der Waals surface area contributed by atoms with Gasteiger partial charge in [0.05, 0.1) is 29.9 Å². The first-order valence-corrected chi connectivity index (χ1v) is 8.22. The van der Waals surface area contributed by atoms with Gasteiger partial charge < -0.3 is 14.6 Å². The van der Waals surface area contributed by atoms with Gasteiger partial charge in [-0.1, -0.05) is 6.07 Å². The number of H-pyrrole nitrogens is 1. The van der Waals surface area contributed by atoms with Crippen molar-refractivity contribution in [2.24, 2.45) is 0 Å². The monoisotopic (exact) mass is 349 g/mol. The average Bonchev–Trinajstić information content (AvgIpc) is 3.05. The van der Waals surface area contributed by atoms with Crippen LogP contribution in [0.5, 0.6) is 5.75 Å². The zero-order chi connectivity index (χ0) is 18.4. The number of benzene rings is 1. The quantitative estimate of drug-likeness (QED) is 0.615. The van der Waals surface area contributed by atoms with Crippen molar-refractivity contribution in [3.8, 4) is 17.0 Å². The Hall–Kier alpha value is -3.35. The molecule has 0 atom stereocenters. The topological polar surface area (TPSA) is 75.5 Å². The van der Waals surface area contributed by atoms with Crippen molar-refractivity contribution in [1.82, 2.24) is 19.4 Å². The summed E-state index contributed by atoms with van der Waals surface area (Å²) in [4.78, 5) is 26.0. The molecule has 1 N–H and O–H groups in total. The van der Waals surface area contributed by atoms with Crippen LogP contribution in [-0.2, 0) is 0 Å². The number of hydrogen-bond acceptors (Lipinski definition) is 5. The number of methoxy groups -OCH3 is 1. The molecule has 7 nitrogen and oxygen atoms in total. The van der Waals surface area contributed by atoms with Crippen molar-refractivity contribution in [1.29, 1.82) is 0 Å². The van der Waals surface area contributed by atoms with Crippen LogP contribution in [0.4, 0.5) is 5.82 Å². The zero-order valence-corrected chi connectivity index (χ0v) is 15.1. The number of rotatable bonds is 3. The minimum atomic E-state index is -0.145. The number of hydrogen-bond donors (Lipinski definition) is 1. The molecule has 0 bridgehead atoms. The molecule has 0 radical (unpaired) electrons. The third-order valence-electron chi connectivity index (χ3n) is 4.34. The van der Waals surface area contributed by atoms with E-state index in [1.807, 2.05) is 59.9 Å². The number of aromatic nitrogens is 4. The Kier molecular flexibility index (Phi) is 3.64. The second-order valence-electron chi connectivity index (χ2n) is 6.39. The number of imidazole rings is 1.